The smallest absolute Gasteiger partial charge is 0.223 e. The van der Waals surface area contributed by atoms with Crippen LogP contribution in [0.2, 0.25) is 0 Å². The zero-order valence-corrected chi connectivity index (χ0v) is 12.8. The Morgan fingerprint density at radius 2 is 1.75 bits per heavy atom. The van der Waals surface area contributed by atoms with Crippen molar-refractivity contribution in [1.82, 2.24) is 19.9 Å². The van der Waals surface area contributed by atoms with Gasteiger partial charge in [-0.15, -0.1) is 0 Å². The molecule has 1 aromatic rings. The van der Waals surface area contributed by atoms with E-state index in [0.29, 0.717) is 5.89 Å². The second kappa shape index (κ2) is 6.65. The third-order valence-electron chi connectivity index (χ3n) is 4.23. The minimum Gasteiger partial charge on any atom is -0.389 e. The van der Waals surface area contributed by atoms with Gasteiger partial charge in [0.05, 0.1) is 12.1 Å². The van der Waals surface area contributed by atoms with Crippen LogP contribution in [0.15, 0.2) is 4.52 Å². The van der Waals surface area contributed by atoms with E-state index in [1.807, 2.05) is 6.92 Å². The minimum atomic E-state index is -0.535. The average molecular weight is 282 g/mol. The highest BCUT2D eigenvalue weighted by Gasteiger charge is 2.27. The zero-order valence-electron chi connectivity index (χ0n) is 12.8. The Bertz CT molecular complexity index is 409. The van der Waals surface area contributed by atoms with Crippen molar-refractivity contribution >= 4 is 0 Å². The summed E-state index contributed by atoms with van der Waals surface area (Å²) in [4.78, 5) is 8.92. The van der Waals surface area contributed by atoms with Gasteiger partial charge >= 0.3 is 0 Å². The summed E-state index contributed by atoms with van der Waals surface area (Å²) in [7, 11) is 0. The SMILES string of the molecule is CCC(O)(CC)CN1CCN(Cc2noc(C)n2)CC1. The van der Waals surface area contributed by atoms with Crippen molar-refractivity contribution in [3.05, 3.63) is 11.7 Å². The van der Waals surface area contributed by atoms with E-state index < -0.39 is 5.60 Å². The zero-order chi connectivity index (χ0) is 14.6. The molecule has 6 nitrogen and oxygen atoms in total. The first-order valence-electron chi connectivity index (χ1n) is 7.51. The molecule has 0 saturated carbocycles. The van der Waals surface area contributed by atoms with Gasteiger partial charge in [-0.1, -0.05) is 19.0 Å². The van der Waals surface area contributed by atoms with Gasteiger partial charge < -0.3 is 9.63 Å². The Balaban J connectivity index is 1.77. The topological polar surface area (TPSA) is 65.6 Å². The van der Waals surface area contributed by atoms with Crippen LogP contribution in [-0.2, 0) is 6.54 Å². The number of hydrogen-bond donors (Lipinski definition) is 1. The molecule has 0 aliphatic carbocycles. The Morgan fingerprint density at radius 1 is 1.15 bits per heavy atom. The monoisotopic (exact) mass is 282 g/mol. The summed E-state index contributed by atoms with van der Waals surface area (Å²) in [6.45, 7) is 11.4. The molecule has 1 aliphatic heterocycles. The average Bonchev–Trinajstić information content (AvgIpc) is 2.86. The van der Waals surface area contributed by atoms with E-state index in [9.17, 15) is 5.11 Å². The van der Waals surface area contributed by atoms with Crippen molar-refractivity contribution in [3.63, 3.8) is 0 Å². The fourth-order valence-electron chi connectivity index (χ4n) is 2.60. The lowest BCUT2D eigenvalue weighted by Crippen LogP contribution is -2.51. The predicted octanol–water partition coefficient (Wildman–Crippen LogP) is 1.05. The van der Waals surface area contributed by atoms with E-state index in [4.69, 9.17) is 4.52 Å². The molecule has 0 aromatic carbocycles. The lowest BCUT2D eigenvalue weighted by molar-refractivity contribution is -0.0164. The summed E-state index contributed by atoms with van der Waals surface area (Å²) in [5.74, 6) is 1.38. The Labute approximate surface area is 120 Å². The maximum Gasteiger partial charge on any atom is 0.223 e. The molecule has 0 spiro atoms. The van der Waals surface area contributed by atoms with Gasteiger partial charge in [-0.05, 0) is 12.8 Å². The molecule has 1 fully saturated rings. The molecule has 0 bridgehead atoms. The van der Waals surface area contributed by atoms with E-state index in [1.54, 1.807) is 0 Å². The maximum absolute atomic E-state index is 10.4. The van der Waals surface area contributed by atoms with Crippen molar-refractivity contribution in [2.75, 3.05) is 32.7 Å². The van der Waals surface area contributed by atoms with Gasteiger partial charge in [-0.2, -0.15) is 4.98 Å². The standard InChI is InChI=1S/C14H26N4O2/c1-4-14(19,5-2)11-18-8-6-17(7-9-18)10-13-15-12(3)20-16-13/h19H,4-11H2,1-3H3. The highest BCUT2D eigenvalue weighted by Crippen LogP contribution is 2.17. The van der Waals surface area contributed by atoms with Crippen LogP contribution in [0.25, 0.3) is 0 Å². The van der Waals surface area contributed by atoms with Gasteiger partial charge in [0, 0.05) is 39.6 Å². The Hall–Kier alpha value is -0.980. The molecule has 0 amide bonds. The third kappa shape index (κ3) is 4.01. The van der Waals surface area contributed by atoms with Crippen molar-refractivity contribution in [1.29, 1.82) is 0 Å². The fourth-order valence-corrected chi connectivity index (χ4v) is 2.60. The van der Waals surface area contributed by atoms with E-state index >= 15 is 0 Å². The Kier molecular flexibility index (Phi) is 5.12. The molecule has 2 rings (SSSR count). The molecular formula is C14H26N4O2. The molecule has 0 radical (unpaired) electrons. The van der Waals surface area contributed by atoms with Crippen LogP contribution in [0.5, 0.6) is 0 Å². The predicted molar refractivity (Wildman–Crippen MR) is 76.3 cm³/mol. The summed E-state index contributed by atoms with van der Waals surface area (Å²) < 4.78 is 4.99. The molecule has 1 aromatic heterocycles. The first-order valence-corrected chi connectivity index (χ1v) is 7.51. The van der Waals surface area contributed by atoms with Crippen molar-refractivity contribution in [2.24, 2.45) is 0 Å². The molecule has 0 unspecified atom stereocenters. The van der Waals surface area contributed by atoms with Crippen LogP contribution in [0, 0.1) is 6.92 Å². The second-order valence-electron chi connectivity index (χ2n) is 5.71. The van der Waals surface area contributed by atoms with Crippen LogP contribution >= 0.6 is 0 Å². The molecule has 2 heterocycles. The molecule has 1 saturated heterocycles. The lowest BCUT2D eigenvalue weighted by atomic mass is 9.96. The number of aromatic nitrogens is 2. The first kappa shape index (κ1) is 15.4. The molecular weight excluding hydrogens is 256 g/mol. The molecule has 6 heteroatoms. The van der Waals surface area contributed by atoms with Crippen molar-refractivity contribution < 1.29 is 9.63 Å². The number of hydrogen-bond acceptors (Lipinski definition) is 6. The first-order chi connectivity index (χ1) is 9.54. The third-order valence-corrected chi connectivity index (χ3v) is 4.23. The molecule has 1 N–H and O–H groups in total. The van der Waals surface area contributed by atoms with Gasteiger partial charge in [0.1, 0.15) is 0 Å². The van der Waals surface area contributed by atoms with Crippen LogP contribution in [0.4, 0.5) is 0 Å². The molecule has 1 aliphatic rings. The normalized spacial score (nSPS) is 18.6. The largest absolute Gasteiger partial charge is 0.389 e. The highest BCUT2D eigenvalue weighted by atomic mass is 16.5. The van der Waals surface area contributed by atoms with Crippen LogP contribution < -0.4 is 0 Å². The van der Waals surface area contributed by atoms with E-state index in [2.05, 4.69) is 33.8 Å². The van der Waals surface area contributed by atoms with Crippen molar-refractivity contribution in [2.45, 2.75) is 45.8 Å². The summed E-state index contributed by atoms with van der Waals surface area (Å²) in [6.07, 6.45) is 1.62. The highest BCUT2D eigenvalue weighted by molar-refractivity contribution is 4.87. The summed E-state index contributed by atoms with van der Waals surface area (Å²) >= 11 is 0. The second-order valence-corrected chi connectivity index (χ2v) is 5.71. The van der Waals surface area contributed by atoms with Crippen molar-refractivity contribution in [3.8, 4) is 0 Å². The number of β-amino-alcohol motifs (C(OH)–C–C–N with tert-alkyl or cyclic N) is 1. The maximum atomic E-state index is 10.4. The number of aliphatic hydroxyl groups is 1. The summed E-state index contributed by atoms with van der Waals surface area (Å²) in [5, 5.41) is 14.3. The quantitative estimate of drug-likeness (QED) is 0.841. The van der Waals surface area contributed by atoms with Crippen LogP contribution in [0.1, 0.15) is 38.4 Å². The van der Waals surface area contributed by atoms with Gasteiger partial charge in [0.25, 0.3) is 0 Å². The van der Waals surface area contributed by atoms with Gasteiger partial charge in [0.15, 0.2) is 5.82 Å². The van der Waals surface area contributed by atoms with Gasteiger partial charge in [0.2, 0.25) is 5.89 Å². The van der Waals surface area contributed by atoms with E-state index in [-0.39, 0.29) is 0 Å². The molecule has 114 valence electrons. The van der Waals surface area contributed by atoms with E-state index in [1.165, 1.54) is 0 Å². The minimum absolute atomic E-state index is 0.535. The number of rotatable bonds is 6. The number of piperazine rings is 1. The lowest BCUT2D eigenvalue weighted by Gasteiger charge is -2.38. The van der Waals surface area contributed by atoms with Gasteiger partial charge in [-0.25, -0.2) is 0 Å². The Morgan fingerprint density at radius 3 is 2.25 bits per heavy atom. The summed E-state index contributed by atoms with van der Waals surface area (Å²) in [6, 6.07) is 0. The number of aryl methyl sites for hydroxylation is 1. The fraction of sp³-hybridized carbons (Fsp3) is 0.857. The number of nitrogens with zero attached hydrogens (tertiary/aromatic N) is 4. The molecule has 0 atom stereocenters. The van der Waals surface area contributed by atoms with E-state index in [0.717, 1.165) is 57.9 Å². The molecule has 20 heavy (non-hydrogen) atoms. The van der Waals surface area contributed by atoms with Crippen LogP contribution in [0.3, 0.4) is 0 Å². The van der Waals surface area contributed by atoms with Gasteiger partial charge in [-0.3, -0.25) is 9.80 Å². The van der Waals surface area contributed by atoms with Crippen LogP contribution in [-0.4, -0.2) is 63.4 Å². The summed E-state index contributed by atoms with van der Waals surface area (Å²) in [5.41, 5.74) is -0.535.